The van der Waals surface area contributed by atoms with E-state index in [9.17, 15) is 5.11 Å². The van der Waals surface area contributed by atoms with Gasteiger partial charge in [-0.3, -0.25) is 4.90 Å². The van der Waals surface area contributed by atoms with E-state index in [1.54, 1.807) is 0 Å². The van der Waals surface area contributed by atoms with Gasteiger partial charge < -0.3 is 5.11 Å². The van der Waals surface area contributed by atoms with E-state index in [4.69, 9.17) is 0 Å². The van der Waals surface area contributed by atoms with Crippen LogP contribution in [0, 0.1) is 6.92 Å². The molecule has 1 fully saturated rings. The molecular formula is C12H16NO. The Bertz CT molecular complexity index is 311. The van der Waals surface area contributed by atoms with Crippen molar-refractivity contribution in [3.63, 3.8) is 0 Å². The lowest BCUT2D eigenvalue weighted by Crippen LogP contribution is -2.21. The molecule has 75 valence electrons. The number of hydrogen-bond donors (Lipinski definition) is 1. The molecular weight excluding hydrogens is 174 g/mol. The average molecular weight is 190 g/mol. The molecule has 0 amide bonds. The first-order valence-electron chi connectivity index (χ1n) is 5.06. The molecule has 14 heavy (non-hydrogen) atoms. The fraction of sp³-hybridized carbons (Fsp3) is 0.417. The van der Waals surface area contributed by atoms with Crippen molar-refractivity contribution in [3.8, 4) is 0 Å². The van der Waals surface area contributed by atoms with Gasteiger partial charge in [-0.2, -0.15) is 0 Å². The first-order valence-corrected chi connectivity index (χ1v) is 5.06. The van der Waals surface area contributed by atoms with Crippen LogP contribution in [0.3, 0.4) is 0 Å². The Morgan fingerprint density at radius 2 is 2.21 bits per heavy atom. The van der Waals surface area contributed by atoms with Gasteiger partial charge in [-0.1, -0.05) is 24.3 Å². The second kappa shape index (κ2) is 4.11. The normalized spacial score (nSPS) is 22.9. The quantitative estimate of drug-likeness (QED) is 0.762. The zero-order valence-electron chi connectivity index (χ0n) is 8.32. The van der Waals surface area contributed by atoms with Gasteiger partial charge in [0.2, 0.25) is 0 Å². The summed E-state index contributed by atoms with van der Waals surface area (Å²) in [6.45, 7) is 6.70. The van der Waals surface area contributed by atoms with Crippen LogP contribution in [0.25, 0.3) is 0 Å². The van der Waals surface area contributed by atoms with Crippen molar-refractivity contribution in [2.75, 3.05) is 13.1 Å². The number of nitrogens with zero attached hydrogens (tertiary/aromatic N) is 1. The van der Waals surface area contributed by atoms with Crippen molar-refractivity contribution >= 4 is 0 Å². The molecule has 0 aliphatic carbocycles. The summed E-state index contributed by atoms with van der Waals surface area (Å²) in [5.74, 6) is 0. The lowest BCUT2D eigenvalue weighted by atomic mass is 10.1. The highest BCUT2D eigenvalue weighted by Crippen LogP contribution is 2.15. The molecule has 0 bridgehead atoms. The van der Waals surface area contributed by atoms with Crippen LogP contribution in [0.2, 0.25) is 0 Å². The summed E-state index contributed by atoms with van der Waals surface area (Å²) in [6, 6.07) is 8.18. The molecule has 1 unspecified atom stereocenters. The van der Waals surface area contributed by atoms with Gasteiger partial charge in [0.05, 0.1) is 6.10 Å². The second-order valence-corrected chi connectivity index (χ2v) is 3.95. The van der Waals surface area contributed by atoms with Crippen LogP contribution in [0.4, 0.5) is 0 Å². The standard InChI is InChI=1S/C12H16NO/c1-10-4-2-3-5-11(10)8-13-7-6-12(14)9-13/h2-5,12,14H,1,6-9H2. The van der Waals surface area contributed by atoms with Gasteiger partial charge >= 0.3 is 0 Å². The Kier molecular flexibility index (Phi) is 2.85. The minimum absolute atomic E-state index is 0.132. The second-order valence-electron chi connectivity index (χ2n) is 3.95. The summed E-state index contributed by atoms with van der Waals surface area (Å²) in [4.78, 5) is 2.27. The average Bonchev–Trinajstić information content (AvgIpc) is 2.56. The van der Waals surface area contributed by atoms with Gasteiger partial charge in [0.15, 0.2) is 0 Å². The zero-order valence-corrected chi connectivity index (χ0v) is 8.32. The van der Waals surface area contributed by atoms with E-state index < -0.39 is 0 Å². The van der Waals surface area contributed by atoms with Crippen LogP contribution < -0.4 is 0 Å². The monoisotopic (exact) mass is 190 g/mol. The van der Waals surface area contributed by atoms with E-state index in [1.165, 1.54) is 5.56 Å². The van der Waals surface area contributed by atoms with Crippen LogP contribution in [-0.4, -0.2) is 29.2 Å². The molecule has 0 aromatic heterocycles. The minimum Gasteiger partial charge on any atom is -0.392 e. The molecule has 1 aromatic rings. The summed E-state index contributed by atoms with van der Waals surface area (Å²) in [6.07, 6.45) is 0.770. The van der Waals surface area contributed by atoms with Crippen molar-refractivity contribution in [1.82, 2.24) is 4.90 Å². The van der Waals surface area contributed by atoms with Crippen molar-refractivity contribution < 1.29 is 5.11 Å². The number of aliphatic hydroxyl groups is 1. The molecule has 1 N–H and O–H groups in total. The summed E-state index contributed by atoms with van der Waals surface area (Å²) in [5, 5.41) is 9.39. The van der Waals surface area contributed by atoms with Crippen LogP contribution >= 0.6 is 0 Å². The Labute approximate surface area is 85.2 Å². The molecule has 2 rings (SSSR count). The highest BCUT2D eigenvalue weighted by molar-refractivity contribution is 5.29. The van der Waals surface area contributed by atoms with Crippen LogP contribution in [0.5, 0.6) is 0 Å². The van der Waals surface area contributed by atoms with Gasteiger partial charge in [0, 0.05) is 19.6 Å². The fourth-order valence-corrected chi connectivity index (χ4v) is 1.91. The molecule has 1 radical (unpaired) electrons. The summed E-state index contributed by atoms with van der Waals surface area (Å²) in [7, 11) is 0. The smallest absolute Gasteiger partial charge is 0.0679 e. The van der Waals surface area contributed by atoms with E-state index in [1.807, 2.05) is 18.2 Å². The fourth-order valence-electron chi connectivity index (χ4n) is 1.91. The SMILES string of the molecule is [CH2]c1ccccc1CN1CCC(O)C1. The Balaban J connectivity index is 2.01. The third-order valence-corrected chi connectivity index (χ3v) is 2.76. The van der Waals surface area contributed by atoms with E-state index >= 15 is 0 Å². The molecule has 1 aliphatic heterocycles. The first kappa shape index (κ1) is 9.69. The largest absolute Gasteiger partial charge is 0.392 e. The molecule has 1 aromatic carbocycles. The van der Waals surface area contributed by atoms with Crippen LogP contribution in [0.1, 0.15) is 17.5 Å². The van der Waals surface area contributed by atoms with Gasteiger partial charge in [0.25, 0.3) is 0 Å². The molecule has 0 spiro atoms. The lowest BCUT2D eigenvalue weighted by molar-refractivity contribution is 0.174. The predicted molar refractivity (Wildman–Crippen MR) is 56.8 cm³/mol. The molecule has 0 saturated carbocycles. The minimum atomic E-state index is -0.132. The van der Waals surface area contributed by atoms with E-state index in [0.717, 1.165) is 31.6 Å². The highest BCUT2D eigenvalue weighted by Gasteiger charge is 2.20. The number of benzene rings is 1. The maximum atomic E-state index is 9.39. The molecule has 1 heterocycles. The maximum absolute atomic E-state index is 9.39. The van der Waals surface area contributed by atoms with E-state index in [0.29, 0.717) is 0 Å². The number of aliphatic hydroxyl groups excluding tert-OH is 1. The van der Waals surface area contributed by atoms with Crippen LogP contribution in [0.15, 0.2) is 24.3 Å². The molecule has 1 atom stereocenters. The predicted octanol–water partition coefficient (Wildman–Crippen LogP) is 1.44. The molecule has 2 nitrogen and oxygen atoms in total. The zero-order chi connectivity index (χ0) is 9.97. The number of β-amino-alcohol motifs (C(OH)–C–C–N with tert-alkyl or cyclic N) is 1. The maximum Gasteiger partial charge on any atom is 0.0679 e. The molecule has 2 heteroatoms. The first-order chi connectivity index (χ1) is 6.75. The van der Waals surface area contributed by atoms with Gasteiger partial charge in [-0.25, -0.2) is 0 Å². The van der Waals surface area contributed by atoms with Crippen LogP contribution in [-0.2, 0) is 6.54 Å². The van der Waals surface area contributed by atoms with Gasteiger partial charge in [-0.05, 0) is 24.5 Å². The third kappa shape index (κ3) is 2.14. The number of rotatable bonds is 2. The van der Waals surface area contributed by atoms with Crippen molar-refractivity contribution in [2.45, 2.75) is 19.1 Å². The topological polar surface area (TPSA) is 23.5 Å². The summed E-state index contributed by atoms with van der Waals surface area (Å²) >= 11 is 0. The van der Waals surface area contributed by atoms with Gasteiger partial charge in [-0.15, -0.1) is 0 Å². The van der Waals surface area contributed by atoms with Crippen molar-refractivity contribution in [1.29, 1.82) is 0 Å². The third-order valence-electron chi connectivity index (χ3n) is 2.76. The summed E-state index contributed by atoms with van der Waals surface area (Å²) in [5.41, 5.74) is 2.36. The summed E-state index contributed by atoms with van der Waals surface area (Å²) < 4.78 is 0. The molecule has 1 aliphatic rings. The number of hydrogen-bond acceptors (Lipinski definition) is 2. The van der Waals surface area contributed by atoms with Gasteiger partial charge in [0.1, 0.15) is 0 Å². The van der Waals surface area contributed by atoms with Crippen molar-refractivity contribution in [2.24, 2.45) is 0 Å². The Hall–Kier alpha value is -0.860. The van der Waals surface area contributed by atoms with E-state index in [2.05, 4.69) is 17.9 Å². The van der Waals surface area contributed by atoms with Crippen molar-refractivity contribution in [3.05, 3.63) is 42.3 Å². The van der Waals surface area contributed by atoms with E-state index in [-0.39, 0.29) is 6.10 Å². The number of likely N-dealkylation sites (tertiary alicyclic amines) is 1. The molecule has 1 saturated heterocycles. The highest BCUT2D eigenvalue weighted by atomic mass is 16.3. The Morgan fingerprint density at radius 3 is 2.86 bits per heavy atom. The Morgan fingerprint density at radius 1 is 1.43 bits per heavy atom. The lowest BCUT2D eigenvalue weighted by Gasteiger charge is -2.16.